The third kappa shape index (κ3) is 3.74. The maximum Gasteiger partial charge on any atom is 0.227 e. The lowest BCUT2D eigenvalue weighted by molar-refractivity contribution is 0.319. The highest BCUT2D eigenvalue weighted by atomic mass is 35.5. The number of nitrogens with one attached hydrogen (secondary N) is 1. The average molecular weight is 350 g/mol. The summed E-state index contributed by atoms with van der Waals surface area (Å²) in [6.07, 6.45) is 1.55. The Morgan fingerprint density at radius 1 is 1.12 bits per heavy atom. The lowest BCUT2D eigenvalue weighted by atomic mass is 10.1. The maximum absolute atomic E-state index is 9.41. The summed E-state index contributed by atoms with van der Waals surface area (Å²) in [6.45, 7) is 0. The van der Waals surface area contributed by atoms with E-state index in [-0.39, 0.29) is 5.71 Å². The van der Waals surface area contributed by atoms with E-state index in [2.05, 4.69) is 26.5 Å². The molecule has 0 fully saturated rings. The van der Waals surface area contributed by atoms with Crippen LogP contribution < -0.4 is 5.32 Å². The van der Waals surface area contributed by atoms with Crippen LogP contribution in [0.25, 0.3) is 0 Å². The van der Waals surface area contributed by atoms with Gasteiger partial charge in [0.05, 0.1) is 22.3 Å². The molecule has 0 aliphatic carbocycles. The molecule has 6 nitrogen and oxygen atoms in total. The zero-order valence-corrected chi connectivity index (χ0v) is 13.6. The minimum absolute atomic E-state index is 0.246. The SMILES string of the molecule is N#Cc1ccc(Nc2nccc(/C(=N\O)c3ccccc3Cl)n2)cc1. The summed E-state index contributed by atoms with van der Waals surface area (Å²) in [5.41, 5.74) is 2.53. The topological polar surface area (TPSA) is 94.2 Å². The molecule has 0 aliphatic rings. The van der Waals surface area contributed by atoms with Crippen molar-refractivity contribution in [1.29, 1.82) is 5.26 Å². The molecule has 0 unspecified atom stereocenters. The van der Waals surface area contributed by atoms with E-state index in [1.165, 1.54) is 0 Å². The zero-order valence-electron chi connectivity index (χ0n) is 12.9. The molecule has 3 rings (SSSR count). The van der Waals surface area contributed by atoms with Crippen molar-refractivity contribution in [3.8, 4) is 6.07 Å². The van der Waals surface area contributed by atoms with Gasteiger partial charge in [0.2, 0.25) is 5.95 Å². The van der Waals surface area contributed by atoms with Crippen LogP contribution in [0, 0.1) is 11.3 Å². The van der Waals surface area contributed by atoms with Crippen molar-refractivity contribution in [3.05, 3.63) is 82.6 Å². The van der Waals surface area contributed by atoms with Gasteiger partial charge in [-0.2, -0.15) is 5.26 Å². The first-order chi connectivity index (χ1) is 12.2. The van der Waals surface area contributed by atoms with Crippen LogP contribution in [0.4, 0.5) is 11.6 Å². The van der Waals surface area contributed by atoms with Gasteiger partial charge in [-0.15, -0.1) is 0 Å². The number of hydrogen-bond acceptors (Lipinski definition) is 6. The van der Waals surface area contributed by atoms with Crippen LogP contribution in [0.5, 0.6) is 0 Å². The summed E-state index contributed by atoms with van der Waals surface area (Å²) in [7, 11) is 0. The monoisotopic (exact) mass is 349 g/mol. The number of anilines is 2. The molecule has 0 bridgehead atoms. The largest absolute Gasteiger partial charge is 0.410 e. The molecule has 1 aromatic heterocycles. The van der Waals surface area contributed by atoms with Crippen LogP contribution in [0.2, 0.25) is 5.02 Å². The third-order valence-corrected chi connectivity index (χ3v) is 3.73. The maximum atomic E-state index is 9.41. The molecular weight excluding hydrogens is 338 g/mol. The predicted molar refractivity (Wildman–Crippen MR) is 95.3 cm³/mol. The standard InChI is InChI=1S/C18H12ClN5O/c19-15-4-2-1-3-14(15)17(24-25)16-9-10-21-18(23-16)22-13-7-5-12(11-20)6-8-13/h1-10,25H,(H,21,22,23)/b24-17-. The van der Waals surface area contributed by atoms with E-state index >= 15 is 0 Å². The van der Waals surface area contributed by atoms with Crippen LogP contribution in [-0.2, 0) is 0 Å². The second-order valence-electron chi connectivity index (χ2n) is 5.01. The molecule has 0 spiro atoms. The Bertz CT molecular complexity index is 964. The molecule has 0 amide bonds. The Kier molecular flexibility index (Phi) is 4.88. The number of nitrogens with zero attached hydrogens (tertiary/aromatic N) is 4. The lowest BCUT2D eigenvalue weighted by Crippen LogP contribution is -2.09. The molecule has 122 valence electrons. The van der Waals surface area contributed by atoms with Gasteiger partial charge in [-0.25, -0.2) is 9.97 Å². The van der Waals surface area contributed by atoms with Crippen molar-refractivity contribution in [3.63, 3.8) is 0 Å². The second-order valence-corrected chi connectivity index (χ2v) is 5.42. The van der Waals surface area contributed by atoms with Gasteiger partial charge in [0.15, 0.2) is 0 Å². The summed E-state index contributed by atoms with van der Waals surface area (Å²) in [5, 5.41) is 25.1. The molecule has 0 radical (unpaired) electrons. The van der Waals surface area contributed by atoms with Gasteiger partial charge >= 0.3 is 0 Å². The Balaban J connectivity index is 1.90. The van der Waals surface area contributed by atoms with E-state index in [0.717, 1.165) is 5.69 Å². The molecule has 1 heterocycles. The highest BCUT2D eigenvalue weighted by Gasteiger charge is 2.13. The van der Waals surface area contributed by atoms with E-state index in [9.17, 15) is 5.21 Å². The average Bonchev–Trinajstić information content (AvgIpc) is 2.65. The Hall–Kier alpha value is -3.43. The zero-order chi connectivity index (χ0) is 17.6. The van der Waals surface area contributed by atoms with Gasteiger partial charge in [0.1, 0.15) is 5.71 Å². The lowest BCUT2D eigenvalue weighted by Gasteiger charge is -2.09. The fourth-order valence-electron chi connectivity index (χ4n) is 2.20. The van der Waals surface area contributed by atoms with Crippen LogP contribution >= 0.6 is 11.6 Å². The first-order valence-corrected chi connectivity index (χ1v) is 7.66. The highest BCUT2D eigenvalue weighted by Crippen LogP contribution is 2.20. The fraction of sp³-hybridized carbons (Fsp3) is 0. The minimum atomic E-state index is 0.246. The molecule has 2 N–H and O–H groups in total. The number of nitriles is 1. The molecule has 0 atom stereocenters. The Labute approximate surface area is 149 Å². The van der Waals surface area contributed by atoms with E-state index < -0.39 is 0 Å². The summed E-state index contributed by atoms with van der Waals surface area (Å²) in [4.78, 5) is 8.52. The summed E-state index contributed by atoms with van der Waals surface area (Å²) in [5.74, 6) is 0.329. The molecular formula is C18H12ClN5O. The Morgan fingerprint density at radius 3 is 2.56 bits per heavy atom. The van der Waals surface area contributed by atoms with Gasteiger partial charge in [-0.05, 0) is 36.4 Å². The summed E-state index contributed by atoms with van der Waals surface area (Å²) in [6, 6.07) is 17.6. The third-order valence-electron chi connectivity index (χ3n) is 3.40. The van der Waals surface area contributed by atoms with Crippen LogP contribution in [-0.4, -0.2) is 20.9 Å². The van der Waals surface area contributed by atoms with Crippen molar-refractivity contribution in [2.45, 2.75) is 0 Å². The number of oxime groups is 1. The van der Waals surface area contributed by atoms with Crippen LogP contribution in [0.3, 0.4) is 0 Å². The van der Waals surface area contributed by atoms with E-state index in [0.29, 0.717) is 27.8 Å². The number of aromatic nitrogens is 2. The van der Waals surface area contributed by atoms with Gasteiger partial charge in [0, 0.05) is 17.4 Å². The van der Waals surface area contributed by atoms with Gasteiger partial charge in [-0.3, -0.25) is 0 Å². The predicted octanol–water partition coefficient (Wildman–Crippen LogP) is 3.97. The first-order valence-electron chi connectivity index (χ1n) is 7.29. The van der Waals surface area contributed by atoms with Gasteiger partial charge in [0.25, 0.3) is 0 Å². The van der Waals surface area contributed by atoms with Crippen molar-refractivity contribution in [1.82, 2.24) is 9.97 Å². The molecule has 0 saturated carbocycles. The van der Waals surface area contributed by atoms with Crippen LogP contribution in [0.1, 0.15) is 16.8 Å². The molecule has 3 aromatic rings. The Morgan fingerprint density at radius 2 is 1.88 bits per heavy atom. The summed E-state index contributed by atoms with van der Waals surface area (Å²) >= 11 is 6.17. The molecule has 25 heavy (non-hydrogen) atoms. The minimum Gasteiger partial charge on any atom is -0.410 e. The van der Waals surface area contributed by atoms with Gasteiger partial charge in [-0.1, -0.05) is 35.0 Å². The smallest absolute Gasteiger partial charge is 0.227 e. The van der Waals surface area contributed by atoms with E-state index in [4.69, 9.17) is 16.9 Å². The molecule has 0 saturated heterocycles. The second kappa shape index (κ2) is 7.43. The van der Waals surface area contributed by atoms with E-state index in [1.54, 1.807) is 60.8 Å². The number of benzene rings is 2. The fourth-order valence-corrected chi connectivity index (χ4v) is 2.43. The normalized spacial score (nSPS) is 11.0. The van der Waals surface area contributed by atoms with Crippen molar-refractivity contribution < 1.29 is 5.21 Å². The number of hydrogen-bond donors (Lipinski definition) is 2. The first kappa shape index (κ1) is 16.4. The highest BCUT2D eigenvalue weighted by molar-refractivity contribution is 6.35. The number of halogens is 1. The van der Waals surface area contributed by atoms with Crippen LogP contribution in [0.15, 0.2) is 65.9 Å². The van der Waals surface area contributed by atoms with Crippen molar-refractivity contribution in [2.75, 3.05) is 5.32 Å². The van der Waals surface area contributed by atoms with Crippen molar-refractivity contribution >= 4 is 28.9 Å². The molecule has 0 aliphatic heterocycles. The summed E-state index contributed by atoms with van der Waals surface area (Å²) < 4.78 is 0. The number of rotatable bonds is 4. The van der Waals surface area contributed by atoms with Crippen molar-refractivity contribution in [2.24, 2.45) is 5.16 Å². The molecule has 2 aromatic carbocycles. The van der Waals surface area contributed by atoms with E-state index in [1.807, 2.05) is 0 Å². The quantitative estimate of drug-likeness (QED) is 0.422. The molecule has 7 heteroatoms. The van der Waals surface area contributed by atoms with Gasteiger partial charge < -0.3 is 10.5 Å².